The largest absolute Gasteiger partial charge is 0.484 e. The van der Waals surface area contributed by atoms with Gasteiger partial charge in [-0.15, -0.1) is 11.3 Å². The highest BCUT2D eigenvalue weighted by molar-refractivity contribution is 8.45. The van der Waals surface area contributed by atoms with E-state index < -0.39 is 35.7 Å². The van der Waals surface area contributed by atoms with Crippen molar-refractivity contribution in [1.82, 2.24) is 14.8 Å². The molecule has 1 amide bonds. The predicted molar refractivity (Wildman–Crippen MR) is 179 cm³/mol. The zero-order chi connectivity index (χ0) is 32.6. The molecule has 0 N–H and O–H groups in total. The van der Waals surface area contributed by atoms with E-state index >= 15 is 8.28 Å². The summed E-state index contributed by atoms with van der Waals surface area (Å²) in [6, 6.07) is 10.4. The Morgan fingerprint density at radius 3 is 2.70 bits per heavy atom. The summed E-state index contributed by atoms with van der Waals surface area (Å²) in [5, 5.41) is 2.83. The van der Waals surface area contributed by atoms with Crippen LogP contribution in [-0.2, 0) is 17.8 Å². The fraction of sp³-hybridized carbons (Fsp3) is 0.286. The second kappa shape index (κ2) is 11.3. The van der Waals surface area contributed by atoms with Gasteiger partial charge in [-0.25, -0.2) is 23.1 Å². The molecule has 12 heteroatoms. The highest BCUT2D eigenvalue weighted by Crippen LogP contribution is 2.76. The maximum Gasteiger partial charge on any atom is 0.246 e. The van der Waals surface area contributed by atoms with Gasteiger partial charge in [0.2, 0.25) is 5.91 Å². The summed E-state index contributed by atoms with van der Waals surface area (Å²) in [5.74, 6) is -1.31. The number of halogens is 4. The van der Waals surface area contributed by atoms with Crippen LogP contribution in [0.1, 0.15) is 23.2 Å². The smallest absolute Gasteiger partial charge is 0.246 e. The third kappa shape index (κ3) is 4.59. The van der Waals surface area contributed by atoms with Gasteiger partial charge in [-0.1, -0.05) is 18.7 Å². The maximum atomic E-state index is 18.4. The molecule has 47 heavy (non-hydrogen) atoms. The molecule has 2 aromatic heterocycles. The Morgan fingerprint density at radius 1 is 1.09 bits per heavy atom. The van der Waals surface area contributed by atoms with Crippen LogP contribution in [0.25, 0.3) is 32.5 Å². The van der Waals surface area contributed by atoms with Gasteiger partial charge >= 0.3 is 0 Å². The van der Waals surface area contributed by atoms with Crippen molar-refractivity contribution < 1.29 is 26.6 Å². The van der Waals surface area contributed by atoms with Crippen molar-refractivity contribution in [1.29, 1.82) is 0 Å². The number of thiophene rings is 1. The van der Waals surface area contributed by atoms with Crippen molar-refractivity contribution in [3.8, 4) is 28.1 Å². The van der Waals surface area contributed by atoms with E-state index in [1.807, 2.05) is 17.5 Å². The van der Waals surface area contributed by atoms with E-state index in [1.165, 1.54) is 33.4 Å². The number of carbonyl (C=O) groups excluding carboxylic acids is 1. The van der Waals surface area contributed by atoms with Crippen molar-refractivity contribution in [2.24, 2.45) is 4.99 Å². The van der Waals surface area contributed by atoms with Crippen molar-refractivity contribution in [3.05, 3.63) is 87.7 Å². The molecule has 8 rings (SSSR count). The number of benzene rings is 2. The molecular formula is C35H30F4N4O2S2. The summed E-state index contributed by atoms with van der Waals surface area (Å²) in [7, 11) is -1.64. The van der Waals surface area contributed by atoms with Gasteiger partial charge in [0.05, 0.1) is 17.9 Å². The molecule has 0 aliphatic carbocycles. The minimum atomic E-state index is -3.73. The zero-order valence-electron chi connectivity index (χ0n) is 25.5. The van der Waals surface area contributed by atoms with E-state index in [2.05, 4.69) is 30.7 Å². The first-order chi connectivity index (χ1) is 22.7. The highest BCUT2D eigenvalue weighted by atomic mass is 32.3. The topological polar surface area (TPSA) is 58.0 Å². The van der Waals surface area contributed by atoms with Gasteiger partial charge in [-0.2, -0.15) is 3.89 Å². The van der Waals surface area contributed by atoms with Crippen molar-refractivity contribution in [2.75, 3.05) is 40.0 Å². The van der Waals surface area contributed by atoms with E-state index in [4.69, 9.17) is 14.7 Å². The number of hydrogen-bond acceptors (Lipinski definition) is 6. The van der Waals surface area contributed by atoms with Crippen LogP contribution in [-0.4, -0.2) is 71.9 Å². The van der Waals surface area contributed by atoms with Crippen LogP contribution in [0.3, 0.4) is 0 Å². The Balaban J connectivity index is 1.40. The number of amides is 1. The number of alkyl halides is 2. The minimum Gasteiger partial charge on any atom is -0.484 e. The molecule has 242 valence electrons. The average molecular weight is 679 g/mol. The number of nitrogens with zero attached hydrogens (tertiary/aromatic N) is 4. The Morgan fingerprint density at radius 2 is 1.91 bits per heavy atom. The lowest BCUT2D eigenvalue weighted by molar-refractivity contribution is -0.125. The van der Waals surface area contributed by atoms with Crippen molar-refractivity contribution in [2.45, 2.75) is 30.4 Å². The molecule has 4 aliphatic rings. The van der Waals surface area contributed by atoms with Gasteiger partial charge < -0.3 is 14.5 Å². The monoisotopic (exact) mass is 678 g/mol. The van der Waals surface area contributed by atoms with Gasteiger partial charge in [-0.3, -0.25) is 4.79 Å². The highest BCUT2D eigenvalue weighted by Gasteiger charge is 2.52. The van der Waals surface area contributed by atoms with Gasteiger partial charge in [0.15, 0.2) is 6.10 Å². The summed E-state index contributed by atoms with van der Waals surface area (Å²) < 4.78 is 68.0. The third-order valence-corrected chi connectivity index (χ3v) is 13.0. The number of ether oxygens (including phenoxy) is 1. The van der Waals surface area contributed by atoms with E-state index in [1.54, 1.807) is 0 Å². The molecule has 0 saturated carbocycles. The number of pyridine rings is 1. The minimum absolute atomic E-state index is 0.00438. The van der Waals surface area contributed by atoms with Crippen LogP contribution in [0.2, 0.25) is 0 Å². The summed E-state index contributed by atoms with van der Waals surface area (Å²) in [6.45, 7) is 3.35. The van der Waals surface area contributed by atoms with E-state index in [0.717, 1.165) is 47.3 Å². The molecule has 0 bridgehead atoms. The normalized spacial score (nSPS) is 21.4. The SMILES string of the molecule is C=CC(=O)N1CCC2=C(C1)S1(F)C(=N2)c2nc(-c3ccc4c(c3)CCN(C)C4)c3ccsc3c2-c2c(OC(CF)CF)cc(F)cc21. The maximum absolute atomic E-state index is 18.4. The number of likely N-dealkylation sites (N-methyl/N-ethyl adjacent to an activating group) is 1. The molecule has 4 aromatic rings. The predicted octanol–water partition coefficient (Wildman–Crippen LogP) is 7.90. The summed E-state index contributed by atoms with van der Waals surface area (Å²) in [5.41, 5.74) is 5.54. The summed E-state index contributed by atoms with van der Waals surface area (Å²) >= 11 is 1.42. The van der Waals surface area contributed by atoms with Gasteiger partial charge in [0.25, 0.3) is 0 Å². The van der Waals surface area contributed by atoms with Crippen molar-refractivity contribution >= 4 is 42.8 Å². The fourth-order valence-electron chi connectivity index (χ4n) is 7.01. The molecule has 6 nitrogen and oxygen atoms in total. The lowest BCUT2D eigenvalue weighted by atomic mass is 9.94. The molecule has 0 spiro atoms. The lowest BCUT2D eigenvalue weighted by Gasteiger charge is -2.40. The molecule has 2 aromatic carbocycles. The standard InChI is InChI=1S/C35H30F4N4O2S2/c1-3-29(44)43-10-7-25-28(18-43)47(39)27-14-22(38)13-26(45-23(15-36)16-37)30(27)31-33(35(47)40-25)41-32(24-8-11-46-34(24)31)20-4-5-21-17-42(2)9-6-19(21)12-20/h3-5,8,11-14,23H,1,6-7,9-10,15-18H2,2H3. The number of rotatable bonds is 6. The fourth-order valence-corrected chi connectivity index (χ4v) is 10.9. The molecular weight excluding hydrogens is 649 g/mol. The first-order valence-electron chi connectivity index (χ1n) is 15.3. The lowest BCUT2D eigenvalue weighted by Crippen LogP contribution is -2.36. The number of hydrogen-bond donors (Lipinski definition) is 0. The van der Waals surface area contributed by atoms with Crippen LogP contribution in [0.4, 0.5) is 17.1 Å². The molecule has 0 fully saturated rings. The molecule has 1 unspecified atom stereocenters. The molecule has 6 heterocycles. The Bertz CT molecular complexity index is 2070. The zero-order valence-corrected chi connectivity index (χ0v) is 27.1. The first-order valence-corrected chi connectivity index (χ1v) is 17.8. The second-order valence-corrected chi connectivity index (χ2v) is 15.5. The first kappa shape index (κ1) is 30.3. The van der Waals surface area contributed by atoms with E-state index in [0.29, 0.717) is 35.6 Å². The summed E-state index contributed by atoms with van der Waals surface area (Å²) in [4.78, 5) is 26.8. The van der Waals surface area contributed by atoms with Gasteiger partial charge in [0.1, 0.15) is 35.7 Å². The Kier molecular flexibility index (Phi) is 7.30. The Hall–Kier alpha value is -4.00. The van der Waals surface area contributed by atoms with E-state index in [-0.39, 0.29) is 38.6 Å². The van der Waals surface area contributed by atoms with Crippen LogP contribution in [0.15, 0.2) is 74.9 Å². The number of aromatic nitrogens is 1. The number of aliphatic imine (C=N–C) groups is 1. The molecule has 0 saturated heterocycles. The van der Waals surface area contributed by atoms with Crippen molar-refractivity contribution in [3.63, 3.8) is 0 Å². The van der Waals surface area contributed by atoms with E-state index in [9.17, 15) is 13.6 Å². The Labute approximate surface area is 274 Å². The molecule has 1 atom stereocenters. The van der Waals surface area contributed by atoms with Gasteiger partial charge in [0, 0.05) is 79.1 Å². The number of fused-ring (bicyclic) bond motifs is 10. The quantitative estimate of drug-likeness (QED) is 0.154. The van der Waals surface area contributed by atoms with Crippen LogP contribution in [0.5, 0.6) is 5.75 Å². The summed E-state index contributed by atoms with van der Waals surface area (Å²) in [6.07, 6.45) is 0.881. The second-order valence-electron chi connectivity index (χ2n) is 12.2. The molecule has 0 radical (unpaired) electrons. The average Bonchev–Trinajstić information content (AvgIpc) is 3.69. The number of carbonyl (C=O) groups is 1. The van der Waals surface area contributed by atoms with Crippen LogP contribution in [0, 0.1) is 5.82 Å². The van der Waals surface area contributed by atoms with Gasteiger partial charge in [-0.05, 0) is 54.3 Å². The third-order valence-electron chi connectivity index (χ3n) is 9.32. The van der Waals surface area contributed by atoms with Crippen LogP contribution >= 0.6 is 21.8 Å². The molecule has 4 aliphatic heterocycles. The van der Waals surface area contributed by atoms with Crippen LogP contribution < -0.4 is 4.74 Å².